The van der Waals surface area contributed by atoms with Crippen molar-refractivity contribution in [2.45, 2.75) is 51.9 Å². The maximum atomic E-state index is 14.7. The monoisotopic (exact) mass is 628 g/mol. The number of alkyl halides is 2. The number of allylic oxidation sites excluding steroid dienone is 1. The van der Waals surface area contributed by atoms with Gasteiger partial charge in [0.2, 0.25) is 5.91 Å². The normalized spacial score (nSPS) is 22.5. The fourth-order valence-electron chi connectivity index (χ4n) is 6.73. The molecule has 2 saturated heterocycles. The minimum Gasteiger partial charge on any atom is -0.462 e. The number of anilines is 2. The van der Waals surface area contributed by atoms with Gasteiger partial charge in [-0.3, -0.25) is 14.8 Å². The lowest BCUT2D eigenvalue weighted by molar-refractivity contribution is -0.126. The second-order valence-corrected chi connectivity index (χ2v) is 12.3. The number of fused-ring (bicyclic) bond motifs is 2. The van der Waals surface area contributed by atoms with Crippen LogP contribution in [-0.4, -0.2) is 107 Å². The molecule has 0 spiro atoms. The number of piperazine rings is 1. The molecular formula is C31H42F2N8O2S. The van der Waals surface area contributed by atoms with E-state index in [2.05, 4.69) is 39.9 Å². The predicted molar refractivity (Wildman–Crippen MR) is 173 cm³/mol. The Kier molecular flexibility index (Phi) is 9.36. The quantitative estimate of drug-likeness (QED) is 0.397. The number of amides is 1. The van der Waals surface area contributed by atoms with Crippen LogP contribution in [-0.2, 0) is 17.8 Å². The van der Waals surface area contributed by atoms with E-state index in [-0.39, 0.29) is 31.5 Å². The topological polar surface area (TPSA) is 93.7 Å². The zero-order chi connectivity index (χ0) is 30.3. The lowest BCUT2D eigenvalue weighted by atomic mass is 9.99. The Labute approximate surface area is 263 Å². The molecule has 2 fully saturated rings. The third-order valence-corrected chi connectivity index (χ3v) is 9.08. The van der Waals surface area contributed by atoms with Crippen molar-refractivity contribution in [3.63, 3.8) is 0 Å². The molecule has 44 heavy (non-hydrogen) atoms. The van der Waals surface area contributed by atoms with Crippen molar-refractivity contribution < 1.29 is 18.3 Å². The maximum Gasteiger partial charge on any atom is 0.318 e. The number of likely N-dealkylation sites (N-methyl/N-ethyl adjacent to an activating group) is 1. The molecule has 13 heteroatoms. The van der Waals surface area contributed by atoms with Crippen LogP contribution in [0, 0.1) is 13.8 Å². The second-order valence-electron chi connectivity index (χ2n) is 12.3. The van der Waals surface area contributed by atoms with E-state index in [0.717, 1.165) is 46.6 Å². The molecule has 3 aliphatic heterocycles. The summed E-state index contributed by atoms with van der Waals surface area (Å²) in [5.74, 6) is 0.650. The molecule has 1 amide bonds. The number of halogens is 2. The smallest absolute Gasteiger partial charge is 0.318 e. The lowest BCUT2D eigenvalue weighted by Crippen LogP contribution is -2.49. The van der Waals surface area contributed by atoms with Gasteiger partial charge in [0.1, 0.15) is 24.8 Å². The highest BCUT2D eigenvalue weighted by atomic mass is 32.1. The number of aromatic amines is 1. The molecular weight excluding hydrogens is 586 g/mol. The number of H-pyrrole nitrogens is 1. The van der Waals surface area contributed by atoms with Crippen molar-refractivity contribution in [2.75, 3.05) is 69.4 Å². The van der Waals surface area contributed by atoms with Gasteiger partial charge in [0.05, 0.1) is 29.6 Å². The Morgan fingerprint density at radius 1 is 1.18 bits per heavy atom. The SMILES string of the molecule is Cc1cc2[nH]ncc2c(N2CCc3c(nc(OC[C@@H]4CC(C)(F)CN4C)nc3N3CCN(C(=O)/C=C/CF)CC3)C2)c1C.S. The van der Waals surface area contributed by atoms with Crippen molar-refractivity contribution in [1.82, 2.24) is 30.0 Å². The number of carbonyl (C=O) groups excluding carboxylic acids is 1. The Balaban J connectivity index is 0.00000384. The number of hydrogen-bond donors (Lipinski definition) is 1. The molecule has 1 aromatic carbocycles. The molecule has 10 nitrogen and oxygen atoms in total. The molecule has 1 N–H and O–H groups in total. The Hall–Kier alpha value is -3.45. The highest BCUT2D eigenvalue weighted by Crippen LogP contribution is 2.37. The molecule has 0 radical (unpaired) electrons. The van der Waals surface area contributed by atoms with E-state index in [4.69, 9.17) is 14.7 Å². The molecule has 0 aliphatic carbocycles. The Morgan fingerprint density at radius 2 is 1.95 bits per heavy atom. The third-order valence-electron chi connectivity index (χ3n) is 9.08. The first-order valence-electron chi connectivity index (χ1n) is 15.0. The molecule has 0 saturated carbocycles. The maximum absolute atomic E-state index is 14.7. The van der Waals surface area contributed by atoms with Gasteiger partial charge in [-0.05, 0) is 57.5 Å². The van der Waals surface area contributed by atoms with Gasteiger partial charge >= 0.3 is 6.01 Å². The summed E-state index contributed by atoms with van der Waals surface area (Å²) in [5, 5.41) is 8.50. The van der Waals surface area contributed by atoms with Gasteiger partial charge in [0.25, 0.3) is 0 Å². The van der Waals surface area contributed by atoms with E-state index in [1.165, 1.54) is 23.3 Å². The van der Waals surface area contributed by atoms with Crippen LogP contribution < -0.4 is 14.5 Å². The first-order valence-corrected chi connectivity index (χ1v) is 15.0. The molecule has 2 atom stereocenters. The van der Waals surface area contributed by atoms with Crippen LogP contribution >= 0.6 is 13.5 Å². The molecule has 1 unspecified atom stereocenters. The molecule has 2 aromatic heterocycles. The number of rotatable bonds is 7. The summed E-state index contributed by atoms with van der Waals surface area (Å²) in [5.41, 5.74) is 5.31. The summed E-state index contributed by atoms with van der Waals surface area (Å²) < 4.78 is 33.4. The lowest BCUT2D eigenvalue weighted by Gasteiger charge is -2.38. The zero-order valence-corrected chi connectivity index (χ0v) is 26.9. The van der Waals surface area contributed by atoms with Crippen LogP contribution in [0.25, 0.3) is 10.9 Å². The molecule has 6 rings (SSSR count). The number of aryl methyl sites for hydroxylation is 1. The summed E-state index contributed by atoms with van der Waals surface area (Å²) in [6.07, 6.45) is 5.57. The van der Waals surface area contributed by atoms with Crippen molar-refractivity contribution in [2.24, 2.45) is 0 Å². The van der Waals surface area contributed by atoms with Gasteiger partial charge in [-0.25, -0.2) is 8.78 Å². The van der Waals surface area contributed by atoms with Crippen molar-refractivity contribution in [3.05, 3.63) is 46.8 Å². The van der Waals surface area contributed by atoms with E-state index < -0.39 is 12.3 Å². The second kappa shape index (κ2) is 12.9. The summed E-state index contributed by atoms with van der Waals surface area (Å²) in [7, 11) is 1.92. The minimum atomic E-state index is -1.24. The highest BCUT2D eigenvalue weighted by molar-refractivity contribution is 7.59. The fourth-order valence-corrected chi connectivity index (χ4v) is 6.73. The number of likely N-dealkylation sites (tertiary alicyclic amines) is 1. The van der Waals surface area contributed by atoms with Crippen LogP contribution in [0.1, 0.15) is 35.7 Å². The molecule has 0 bridgehead atoms. The van der Waals surface area contributed by atoms with Crippen molar-refractivity contribution in [1.29, 1.82) is 0 Å². The first kappa shape index (κ1) is 32.0. The average Bonchev–Trinajstić information content (AvgIpc) is 3.56. The summed E-state index contributed by atoms with van der Waals surface area (Å²) in [4.78, 5) is 30.5. The third kappa shape index (κ3) is 6.35. The summed E-state index contributed by atoms with van der Waals surface area (Å²) in [6, 6.07) is 2.35. The van der Waals surface area contributed by atoms with Gasteiger partial charge in [-0.15, -0.1) is 0 Å². The number of hydrogen-bond acceptors (Lipinski definition) is 8. The molecule has 5 heterocycles. The average molecular weight is 629 g/mol. The van der Waals surface area contributed by atoms with Crippen molar-refractivity contribution >= 4 is 41.8 Å². The molecule has 3 aromatic rings. The van der Waals surface area contributed by atoms with Crippen LogP contribution in [0.4, 0.5) is 20.3 Å². The van der Waals surface area contributed by atoms with Crippen LogP contribution in [0.15, 0.2) is 24.4 Å². The van der Waals surface area contributed by atoms with Crippen molar-refractivity contribution in [3.8, 4) is 6.01 Å². The van der Waals surface area contributed by atoms with Crippen LogP contribution in [0.3, 0.4) is 0 Å². The first-order chi connectivity index (χ1) is 20.6. The number of nitrogens with one attached hydrogen (secondary N) is 1. The standard InChI is InChI=1S/C31H40F2N8O2.H2S/c1-20-14-25-24(16-34-37-25)28(21(20)2)41-9-7-23-26(17-41)35-30(43-18-22-15-31(3,33)19-38(22)4)36-29(23)40-12-10-39(11-13-40)27(42)6-5-8-32;/h5-6,14,16,22H,7-13,15,17-19H2,1-4H3,(H,34,37);1H2/b6-5+;/t22-,31?;/m0./s1. The van der Waals surface area contributed by atoms with E-state index >= 15 is 0 Å². The Bertz CT molecular complexity index is 1540. The van der Waals surface area contributed by atoms with Gasteiger partial charge in [0, 0.05) is 68.8 Å². The highest BCUT2D eigenvalue weighted by Gasteiger charge is 2.39. The van der Waals surface area contributed by atoms with E-state index in [9.17, 15) is 13.6 Å². The Morgan fingerprint density at radius 3 is 2.66 bits per heavy atom. The van der Waals surface area contributed by atoms with E-state index in [1.807, 2.05) is 18.1 Å². The summed E-state index contributed by atoms with van der Waals surface area (Å²) >= 11 is 0. The number of nitrogens with zero attached hydrogens (tertiary/aromatic N) is 7. The van der Waals surface area contributed by atoms with Crippen LogP contribution in [0.2, 0.25) is 0 Å². The minimum absolute atomic E-state index is 0. The largest absolute Gasteiger partial charge is 0.462 e. The van der Waals surface area contributed by atoms with Crippen LogP contribution in [0.5, 0.6) is 6.01 Å². The summed E-state index contributed by atoms with van der Waals surface area (Å²) in [6.45, 7) is 9.51. The number of ether oxygens (including phenoxy) is 1. The van der Waals surface area contributed by atoms with Gasteiger partial charge in [-0.1, -0.05) is 0 Å². The zero-order valence-electron chi connectivity index (χ0n) is 25.9. The van der Waals surface area contributed by atoms with Gasteiger partial charge < -0.3 is 19.4 Å². The van der Waals surface area contributed by atoms with E-state index in [1.54, 1.807) is 11.8 Å². The predicted octanol–water partition coefficient (Wildman–Crippen LogP) is 3.63. The van der Waals surface area contributed by atoms with Gasteiger partial charge in [-0.2, -0.15) is 28.6 Å². The number of benzene rings is 1. The van der Waals surface area contributed by atoms with E-state index in [0.29, 0.717) is 52.3 Å². The fraction of sp³-hybridized carbons (Fsp3) is 0.548. The molecule has 3 aliphatic rings. The number of carbonyl (C=O) groups is 1. The number of aromatic nitrogens is 4. The van der Waals surface area contributed by atoms with Gasteiger partial charge in [0.15, 0.2) is 0 Å². The molecule has 238 valence electrons.